The molecule has 0 saturated carbocycles. The highest BCUT2D eigenvalue weighted by Gasteiger charge is 2.24. The highest BCUT2D eigenvalue weighted by Crippen LogP contribution is 2.38. The minimum absolute atomic E-state index is 0.0373. The lowest BCUT2D eigenvalue weighted by Crippen LogP contribution is -2.33. The number of H-pyrrole nitrogens is 1. The van der Waals surface area contributed by atoms with Crippen molar-refractivity contribution in [3.63, 3.8) is 0 Å². The number of carbonyl (C=O) groups is 1. The molecule has 3 aromatic rings. The third kappa shape index (κ3) is 6.84. The molecule has 0 aliphatic rings. The van der Waals surface area contributed by atoms with Crippen molar-refractivity contribution in [2.24, 2.45) is 0 Å². The molecule has 3 rings (SSSR count). The third-order valence-electron chi connectivity index (χ3n) is 4.93. The number of nitrogens with zero attached hydrogens (tertiary/aromatic N) is 5. The van der Waals surface area contributed by atoms with Gasteiger partial charge in [-0.25, -0.2) is 9.59 Å². The molecule has 1 atom stereocenters. The number of aromatic nitrogens is 5. The summed E-state index contributed by atoms with van der Waals surface area (Å²) in [5.41, 5.74) is -3.39. The van der Waals surface area contributed by atoms with Gasteiger partial charge in [0.15, 0.2) is 12.0 Å². The van der Waals surface area contributed by atoms with Gasteiger partial charge >= 0.3 is 11.8 Å². The van der Waals surface area contributed by atoms with E-state index in [0.717, 1.165) is 9.36 Å². The standard InChI is InChI=1S/C24H24Cl2N6O7/c1-11(2)14-9-18(30-31(21(14)34)12(3)37-23(36)39-24(4,5)6)38-19-15(25)7-13(8-16(19)26)32-22(35)28-20(33)17(10-27)29-32/h7-9,11-12H,1-6H3,(H,28,33,35). The van der Waals surface area contributed by atoms with Gasteiger partial charge in [-0.3, -0.25) is 14.6 Å². The van der Waals surface area contributed by atoms with Gasteiger partial charge in [0.05, 0.1) is 15.7 Å². The summed E-state index contributed by atoms with van der Waals surface area (Å²) in [4.78, 5) is 51.0. The molecule has 0 spiro atoms. The van der Waals surface area contributed by atoms with E-state index in [9.17, 15) is 19.2 Å². The highest BCUT2D eigenvalue weighted by molar-refractivity contribution is 6.37. The first-order chi connectivity index (χ1) is 18.1. The van der Waals surface area contributed by atoms with Gasteiger partial charge in [0, 0.05) is 11.6 Å². The van der Waals surface area contributed by atoms with E-state index in [1.165, 1.54) is 25.1 Å². The lowest BCUT2D eigenvalue weighted by molar-refractivity contribution is -0.0438. The summed E-state index contributed by atoms with van der Waals surface area (Å²) in [5, 5.41) is 16.8. The van der Waals surface area contributed by atoms with E-state index >= 15 is 0 Å². The van der Waals surface area contributed by atoms with Crippen molar-refractivity contribution in [1.82, 2.24) is 24.5 Å². The monoisotopic (exact) mass is 578 g/mol. The predicted octanol–water partition coefficient (Wildman–Crippen LogP) is 4.04. The molecule has 13 nitrogen and oxygen atoms in total. The van der Waals surface area contributed by atoms with E-state index in [0.29, 0.717) is 5.56 Å². The molecule has 0 radical (unpaired) electrons. The van der Waals surface area contributed by atoms with Crippen LogP contribution in [0.25, 0.3) is 5.69 Å². The second-order valence-electron chi connectivity index (χ2n) is 9.50. The second-order valence-corrected chi connectivity index (χ2v) is 10.3. The van der Waals surface area contributed by atoms with Gasteiger partial charge in [-0.15, -0.1) is 10.2 Å². The second kappa shape index (κ2) is 11.3. The molecule has 206 valence electrons. The summed E-state index contributed by atoms with van der Waals surface area (Å²) in [6.45, 7) is 10.00. The van der Waals surface area contributed by atoms with Crippen molar-refractivity contribution >= 4 is 29.4 Å². The van der Waals surface area contributed by atoms with Crippen molar-refractivity contribution in [3.8, 4) is 23.4 Å². The van der Waals surface area contributed by atoms with Crippen LogP contribution in [0.4, 0.5) is 4.79 Å². The fourth-order valence-corrected chi connectivity index (χ4v) is 3.75. The Morgan fingerprint density at radius 1 is 1.08 bits per heavy atom. The van der Waals surface area contributed by atoms with Gasteiger partial charge in [0.25, 0.3) is 11.1 Å². The fraction of sp³-hybridized carbons (Fsp3) is 0.375. The zero-order valence-corrected chi connectivity index (χ0v) is 23.2. The first kappa shape index (κ1) is 29.4. The molecule has 1 aromatic carbocycles. The number of carbonyl (C=O) groups excluding carboxylic acids is 1. The molecule has 0 aliphatic heterocycles. The first-order valence-electron chi connectivity index (χ1n) is 11.5. The molecule has 0 fully saturated rings. The van der Waals surface area contributed by atoms with Crippen LogP contribution in [0.2, 0.25) is 10.0 Å². The Kier molecular flexibility index (Phi) is 8.52. The number of halogens is 2. The van der Waals surface area contributed by atoms with E-state index in [4.69, 9.17) is 42.7 Å². The van der Waals surface area contributed by atoms with Crippen molar-refractivity contribution in [2.45, 2.75) is 59.3 Å². The molecule has 39 heavy (non-hydrogen) atoms. The molecular weight excluding hydrogens is 555 g/mol. The topological polar surface area (TPSA) is 171 Å². The average molecular weight is 579 g/mol. The van der Waals surface area contributed by atoms with Crippen LogP contribution in [-0.4, -0.2) is 36.3 Å². The molecule has 0 amide bonds. The van der Waals surface area contributed by atoms with Gasteiger partial charge in [0.2, 0.25) is 11.6 Å². The SMILES string of the molecule is CC(C)c1cc(Oc2c(Cl)cc(-n3nc(C#N)c(=O)[nH]c3=O)cc2Cl)nn(C(C)OC(=O)OC(C)(C)C)c1=O. The van der Waals surface area contributed by atoms with Crippen LogP contribution in [0.3, 0.4) is 0 Å². The Labute approximate surface area is 231 Å². The zero-order valence-electron chi connectivity index (χ0n) is 21.7. The smallest absolute Gasteiger partial charge is 0.434 e. The van der Waals surface area contributed by atoms with Crippen molar-refractivity contribution in [3.05, 3.63) is 70.7 Å². The minimum Gasteiger partial charge on any atom is -0.434 e. The number of hydrogen-bond acceptors (Lipinski definition) is 10. The Balaban J connectivity index is 2.02. The first-order valence-corrected chi connectivity index (χ1v) is 12.2. The van der Waals surface area contributed by atoms with E-state index in [1.807, 2.05) is 4.98 Å². The number of hydrogen-bond donors (Lipinski definition) is 1. The molecule has 0 bridgehead atoms. The van der Waals surface area contributed by atoms with Crippen molar-refractivity contribution in [1.29, 1.82) is 5.26 Å². The molecule has 15 heteroatoms. The third-order valence-corrected chi connectivity index (χ3v) is 5.49. The largest absolute Gasteiger partial charge is 0.510 e. The molecule has 1 N–H and O–H groups in total. The summed E-state index contributed by atoms with van der Waals surface area (Å²) < 4.78 is 17.9. The van der Waals surface area contributed by atoms with Crippen molar-refractivity contribution in [2.75, 3.05) is 0 Å². The van der Waals surface area contributed by atoms with E-state index in [-0.39, 0.29) is 33.3 Å². The zero-order chi connectivity index (χ0) is 29.2. The van der Waals surface area contributed by atoms with Crippen LogP contribution in [0.15, 0.2) is 32.6 Å². The molecule has 0 aliphatic carbocycles. The fourth-order valence-electron chi connectivity index (χ4n) is 3.20. The summed E-state index contributed by atoms with van der Waals surface area (Å²) in [7, 11) is 0. The van der Waals surface area contributed by atoms with Crippen LogP contribution in [0.5, 0.6) is 11.6 Å². The maximum absolute atomic E-state index is 13.0. The number of ether oxygens (including phenoxy) is 3. The Morgan fingerprint density at radius 2 is 1.69 bits per heavy atom. The van der Waals surface area contributed by atoms with Crippen LogP contribution >= 0.6 is 23.2 Å². The van der Waals surface area contributed by atoms with Crippen LogP contribution < -0.4 is 21.5 Å². The summed E-state index contributed by atoms with van der Waals surface area (Å²) in [5.74, 6) is -0.433. The molecule has 2 aromatic heterocycles. The number of rotatable bonds is 6. The van der Waals surface area contributed by atoms with Gasteiger partial charge < -0.3 is 14.2 Å². The van der Waals surface area contributed by atoms with Gasteiger partial charge in [-0.1, -0.05) is 37.0 Å². The molecular formula is C24H24Cl2N6O7. The minimum atomic E-state index is -1.16. The summed E-state index contributed by atoms with van der Waals surface area (Å²) >= 11 is 12.8. The molecule has 1 unspecified atom stereocenters. The lowest BCUT2D eigenvalue weighted by Gasteiger charge is -2.22. The number of aromatic amines is 1. The van der Waals surface area contributed by atoms with Gasteiger partial charge in [-0.2, -0.15) is 14.6 Å². The Morgan fingerprint density at radius 3 is 2.23 bits per heavy atom. The number of nitriles is 1. The number of benzene rings is 1. The highest BCUT2D eigenvalue weighted by atomic mass is 35.5. The summed E-state index contributed by atoms with van der Waals surface area (Å²) in [6.07, 6.45) is -2.15. The number of nitrogens with one attached hydrogen (secondary N) is 1. The maximum atomic E-state index is 13.0. The van der Waals surface area contributed by atoms with Gasteiger partial charge in [0.1, 0.15) is 11.7 Å². The quantitative estimate of drug-likeness (QED) is 0.420. The average Bonchev–Trinajstić information content (AvgIpc) is 2.80. The lowest BCUT2D eigenvalue weighted by atomic mass is 10.1. The van der Waals surface area contributed by atoms with Crippen LogP contribution in [-0.2, 0) is 9.47 Å². The predicted molar refractivity (Wildman–Crippen MR) is 140 cm³/mol. The Hall–Kier alpha value is -4.15. The van der Waals surface area contributed by atoms with E-state index in [2.05, 4.69) is 10.2 Å². The van der Waals surface area contributed by atoms with Crippen molar-refractivity contribution < 1.29 is 19.0 Å². The maximum Gasteiger partial charge on any atom is 0.510 e. The Bertz CT molecular complexity index is 1620. The van der Waals surface area contributed by atoms with E-state index in [1.54, 1.807) is 40.7 Å². The molecule has 0 saturated heterocycles. The van der Waals surface area contributed by atoms with Gasteiger partial charge in [-0.05, 0) is 45.7 Å². The van der Waals surface area contributed by atoms with Crippen LogP contribution in [0, 0.1) is 11.3 Å². The van der Waals surface area contributed by atoms with E-state index < -0.39 is 40.5 Å². The molecule has 2 heterocycles. The normalized spacial score (nSPS) is 12.1. The summed E-state index contributed by atoms with van der Waals surface area (Å²) in [6, 6.07) is 5.52. The van der Waals surface area contributed by atoms with Crippen LogP contribution in [0.1, 0.15) is 64.9 Å².